The largest absolute Gasteiger partial charge is 0.457 e. The summed E-state index contributed by atoms with van der Waals surface area (Å²) in [6.45, 7) is 6.14. The summed E-state index contributed by atoms with van der Waals surface area (Å²) in [6.07, 6.45) is 2.86. The van der Waals surface area contributed by atoms with Gasteiger partial charge in [-0.1, -0.05) is 42.8 Å². The van der Waals surface area contributed by atoms with E-state index in [1.54, 1.807) is 7.11 Å². The zero-order valence-electron chi connectivity index (χ0n) is 21.7. The zero-order valence-corrected chi connectivity index (χ0v) is 21.7. The van der Waals surface area contributed by atoms with Gasteiger partial charge in [-0.25, -0.2) is 9.97 Å². The van der Waals surface area contributed by atoms with Crippen LogP contribution in [0.5, 0.6) is 11.5 Å². The summed E-state index contributed by atoms with van der Waals surface area (Å²) in [7, 11) is 1.68. The van der Waals surface area contributed by atoms with E-state index in [0.29, 0.717) is 30.8 Å². The Kier molecular flexibility index (Phi) is 6.51. The molecule has 0 radical (unpaired) electrons. The van der Waals surface area contributed by atoms with Crippen LogP contribution < -0.4 is 10.5 Å². The molecule has 1 amide bonds. The van der Waals surface area contributed by atoms with Gasteiger partial charge in [-0.3, -0.25) is 4.79 Å². The highest BCUT2D eigenvalue weighted by molar-refractivity contribution is 6.03. The zero-order chi connectivity index (χ0) is 26.9. The van der Waals surface area contributed by atoms with Gasteiger partial charge in [0, 0.05) is 38.2 Å². The molecule has 6 rings (SSSR count). The predicted octanol–water partition coefficient (Wildman–Crippen LogP) is 4.36. The van der Waals surface area contributed by atoms with Crippen molar-refractivity contribution in [3.05, 3.63) is 79.3 Å². The number of carbonyl (C=O) groups is 1. The summed E-state index contributed by atoms with van der Waals surface area (Å²) >= 11 is 0. The van der Waals surface area contributed by atoms with Crippen LogP contribution in [0.15, 0.2) is 73.6 Å². The van der Waals surface area contributed by atoms with E-state index in [4.69, 9.17) is 15.2 Å². The van der Waals surface area contributed by atoms with Gasteiger partial charge in [0.15, 0.2) is 0 Å². The fourth-order valence-corrected chi connectivity index (χ4v) is 5.52. The minimum Gasteiger partial charge on any atom is -0.457 e. The highest BCUT2D eigenvalue weighted by Crippen LogP contribution is 2.51. The monoisotopic (exact) mass is 519 g/mol. The number of rotatable bonds is 7. The molecule has 1 aliphatic heterocycles. The van der Waals surface area contributed by atoms with Crippen molar-refractivity contribution >= 4 is 22.8 Å². The van der Waals surface area contributed by atoms with E-state index in [1.807, 2.05) is 59.5 Å². The van der Waals surface area contributed by atoms with E-state index in [1.165, 1.54) is 12.4 Å². The Bertz CT molecular complexity index is 1590. The second-order valence-corrected chi connectivity index (χ2v) is 9.84. The van der Waals surface area contributed by atoms with E-state index in [0.717, 1.165) is 52.4 Å². The van der Waals surface area contributed by atoms with Crippen molar-refractivity contribution in [2.75, 3.05) is 32.5 Å². The number of aromatic nitrogens is 3. The van der Waals surface area contributed by atoms with Crippen molar-refractivity contribution < 1.29 is 14.3 Å². The van der Waals surface area contributed by atoms with Gasteiger partial charge in [-0.2, -0.15) is 0 Å². The molecular weight excluding hydrogens is 490 g/mol. The number of benzene rings is 2. The molecule has 1 saturated heterocycles. The Morgan fingerprint density at radius 2 is 1.82 bits per heavy atom. The lowest BCUT2D eigenvalue weighted by Crippen LogP contribution is -2.29. The molecule has 1 aliphatic carbocycles. The smallest absolute Gasteiger partial charge is 0.245 e. The molecule has 8 heteroatoms. The summed E-state index contributed by atoms with van der Waals surface area (Å²) < 4.78 is 13.5. The average molecular weight is 520 g/mol. The van der Waals surface area contributed by atoms with Gasteiger partial charge in [-0.05, 0) is 53.7 Å². The Labute approximate surface area is 227 Å². The molecule has 1 saturated carbocycles. The van der Waals surface area contributed by atoms with E-state index < -0.39 is 0 Å². The third-order valence-corrected chi connectivity index (χ3v) is 7.55. The number of piperidine rings is 1. The van der Waals surface area contributed by atoms with Crippen LogP contribution in [0.25, 0.3) is 22.2 Å². The second kappa shape index (κ2) is 10.3. The van der Waals surface area contributed by atoms with Crippen LogP contribution in [-0.4, -0.2) is 52.1 Å². The van der Waals surface area contributed by atoms with Crippen molar-refractivity contribution in [3.63, 3.8) is 0 Å². The van der Waals surface area contributed by atoms with E-state index in [9.17, 15) is 4.79 Å². The van der Waals surface area contributed by atoms with Crippen molar-refractivity contribution in [2.45, 2.75) is 6.54 Å². The molecule has 4 aromatic rings. The van der Waals surface area contributed by atoms with Gasteiger partial charge < -0.3 is 24.7 Å². The van der Waals surface area contributed by atoms with Gasteiger partial charge in [0.2, 0.25) is 5.91 Å². The molecule has 39 heavy (non-hydrogen) atoms. The van der Waals surface area contributed by atoms with Crippen molar-refractivity contribution in [1.29, 1.82) is 0 Å². The third kappa shape index (κ3) is 4.62. The fraction of sp³-hybridized carbons (Fsp3) is 0.258. The minimum atomic E-state index is -0.00960. The number of hydrogen-bond acceptors (Lipinski definition) is 6. The number of ether oxygens (including phenoxy) is 2. The standard InChI is InChI=1S/C31H29N5O3/c1-3-27(37)35-17-24-23(25(24)18-35)13-14-26-28(29-30(32)33-19-34-31(29)36(26)15-16-38-2)20-9-11-22(12-10-20)39-21-7-5-4-6-8-21/h3-12,19,23-25H,1,15-18H2,2H3,(H2,32,33,34)/t23?,24-,25+. The van der Waals surface area contributed by atoms with E-state index >= 15 is 0 Å². The summed E-state index contributed by atoms with van der Waals surface area (Å²) in [5.41, 5.74) is 9.82. The van der Waals surface area contributed by atoms with Gasteiger partial charge in [0.05, 0.1) is 12.0 Å². The molecule has 1 unspecified atom stereocenters. The van der Waals surface area contributed by atoms with Gasteiger partial charge >= 0.3 is 0 Å². The molecule has 2 aromatic carbocycles. The number of likely N-dealkylation sites (tertiary alicyclic amines) is 1. The SMILES string of the molecule is C=CC(=O)N1C[C@@H]2C(C#Cc3c(-c4ccc(Oc5ccccc5)cc4)c4c(N)ncnc4n3CCOC)[C@@H]2C1. The first-order chi connectivity index (χ1) is 19.1. The summed E-state index contributed by atoms with van der Waals surface area (Å²) in [5, 5.41) is 0.772. The van der Waals surface area contributed by atoms with E-state index in [-0.39, 0.29) is 11.8 Å². The normalized spacial score (nSPS) is 19.3. The molecule has 2 fully saturated rings. The predicted molar refractivity (Wildman–Crippen MR) is 150 cm³/mol. The Morgan fingerprint density at radius 3 is 2.51 bits per heavy atom. The van der Waals surface area contributed by atoms with E-state index in [2.05, 4.69) is 33.0 Å². The highest BCUT2D eigenvalue weighted by atomic mass is 16.5. The topological polar surface area (TPSA) is 95.5 Å². The van der Waals surface area contributed by atoms with Crippen LogP contribution in [0.3, 0.4) is 0 Å². The number of methoxy groups -OCH3 is 1. The van der Waals surface area contributed by atoms with Crippen LogP contribution in [0, 0.1) is 29.6 Å². The van der Waals surface area contributed by atoms with Crippen molar-refractivity contribution in [1.82, 2.24) is 19.4 Å². The number of nitrogen functional groups attached to an aromatic ring is 1. The summed E-state index contributed by atoms with van der Waals surface area (Å²) in [5.74, 6) is 9.96. The second-order valence-electron chi connectivity index (χ2n) is 9.84. The number of carbonyl (C=O) groups excluding carboxylic acids is 1. The van der Waals surface area contributed by atoms with Crippen molar-refractivity contribution in [3.8, 4) is 34.5 Å². The Hall–Kier alpha value is -4.61. The summed E-state index contributed by atoms with van der Waals surface area (Å²) in [6, 6.07) is 17.6. The number of nitrogens with zero attached hydrogens (tertiary/aromatic N) is 4. The molecule has 8 nitrogen and oxygen atoms in total. The minimum absolute atomic E-state index is 0.00960. The maximum atomic E-state index is 12.0. The lowest BCUT2D eigenvalue weighted by atomic mass is 10.0. The molecule has 2 aliphatic rings. The molecule has 0 spiro atoms. The lowest BCUT2D eigenvalue weighted by Gasteiger charge is -2.16. The highest BCUT2D eigenvalue weighted by Gasteiger charge is 2.55. The molecule has 2 N–H and O–H groups in total. The Morgan fingerprint density at radius 1 is 1.10 bits per heavy atom. The first-order valence-electron chi connectivity index (χ1n) is 13.0. The number of amides is 1. The molecular formula is C31H29N5O3. The Balaban J connectivity index is 1.38. The average Bonchev–Trinajstić information content (AvgIpc) is 3.27. The van der Waals surface area contributed by atoms with Gasteiger partial charge in [0.1, 0.15) is 35.0 Å². The maximum absolute atomic E-state index is 12.0. The number of para-hydroxylation sites is 1. The molecule has 3 heterocycles. The number of hydrogen-bond donors (Lipinski definition) is 1. The van der Waals surface area contributed by atoms with Crippen LogP contribution in [0.4, 0.5) is 5.82 Å². The number of anilines is 1. The van der Waals surface area contributed by atoms with Crippen LogP contribution >= 0.6 is 0 Å². The molecule has 0 bridgehead atoms. The quantitative estimate of drug-likeness (QED) is 0.288. The van der Waals surface area contributed by atoms with Crippen LogP contribution in [0.1, 0.15) is 5.69 Å². The molecule has 2 aromatic heterocycles. The summed E-state index contributed by atoms with van der Waals surface area (Å²) in [4.78, 5) is 22.7. The number of fused-ring (bicyclic) bond motifs is 2. The van der Waals surface area contributed by atoms with Crippen LogP contribution in [0.2, 0.25) is 0 Å². The maximum Gasteiger partial charge on any atom is 0.245 e. The first kappa shape index (κ1) is 24.7. The first-order valence-corrected chi connectivity index (χ1v) is 13.0. The lowest BCUT2D eigenvalue weighted by molar-refractivity contribution is -0.125. The van der Waals surface area contributed by atoms with Gasteiger partial charge in [-0.15, -0.1) is 0 Å². The van der Waals surface area contributed by atoms with Crippen molar-refractivity contribution in [2.24, 2.45) is 17.8 Å². The molecule has 3 atom stereocenters. The number of nitrogens with two attached hydrogens (primary N) is 1. The molecule has 196 valence electrons. The third-order valence-electron chi connectivity index (χ3n) is 7.55. The fourth-order valence-electron chi connectivity index (χ4n) is 5.52. The van der Waals surface area contributed by atoms with Gasteiger partial charge in [0.25, 0.3) is 0 Å². The van der Waals surface area contributed by atoms with Crippen LogP contribution in [-0.2, 0) is 16.1 Å².